The number of benzene rings is 1. The van der Waals surface area contributed by atoms with E-state index >= 15 is 0 Å². The topological polar surface area (TPSA) is 62.7 Å². The molecule has 3 rings (SSSR count). The van der Waals surface area contributed by atoms with Crippen LogP contribution in [-0.4, -0.2) is 27.2 Å². The highest BCUT2D eigenvalue weighted by molar-refractivity contribution is 7.98. The van der Waals surface area contributed by atoms with Crippen molar-refractivity contribution in [3.63, 3.8) is 0 Å². The Balaban J connectivity index is 2.00. The Kier molecular flexibility index (Phi) is 5.50. The third-order valence-corrected chi connectivity index (χ3v) is 4.24. The minimum Gasteiger partial charge on any atom is -0.352 e. The van der Waals surface area contributed by atoms with Crippen molar-refractivity contribution < 1.29 is 0 Å². The Hall–Kier alpha value is -2.60. The highest BCUT2D eigenvalue weighted by atomic mass is 32.2. The van der Waals surface area contributed by atoms with Crippen molar-refractivity contribution in [3.05, 3.63) is 54.7 Å². The first kappa shape index (κ1) is 17.2. The van der Waals surface area contributed by atoms with Gasteiger partial charge in [-0.3, -0.25) is 4.98 Å². The van der Waals surface area contributed by atoms with E-state index in [4.69, 9.17) is 0 Å². The molecule has 0 fully saturated rings. The molecule has 5 nitrogen and oxygen atoms in total. The Morgan fingerprint density at radius 2 is 1.76 bits per heavy atom. The zero-order chi connectivity index (χ0) is 17.6. The van der Waals surface area contributed by atoms with Gasteiger partial charge in [0.2, 0.25) is 5.95 Å². The van der Waals surface area contributed by atoms with Crippen molar-refractivity contribution in [1.82, 2.24) is 15.0 Å². The summed E-state index contributed by atoms with van der Waals surface area (Å²) >= 11 is 1.70. The summed E-state index contributed by atoms with van der Waals surface area (Å²) in [5, 5.41) is 6.68. The zero-order valence-corrected chi connectivity index (χ0v) is 15.3. The van der Waals surface area contributed by atoms with E-state index in [0.29, 0.717) is 5.95 Å². The van der Waals surface area contributed by atoms with Crippen LogP contribution in [0.2, 0.25) is 0 Å². The van der Waals surface area contributed by atoms with Gasteiger partial charge in [0.25, 0.3) is 0 Å². The first-order chi connectivity index (χ1) is 12.2. The molecule has 2 N–H and O–H groups in total. The van der Waals surface area contributed by atoms with Crippen molar-refractivity contribution in [2.75, 3.05) is 16.9 Å². The van der Waals surface area contributed by atoms with Gasteiger partial charge in [-0.15, -0.1) is 11.8 Å². The number of para-hydroxylation sites is 1. The van der Waals surface area contributed by atoms with Crippen LogP contribution in [0.5, 0.6) is 0 Å². The number of hydrogen-bond acceptors (Lipinski definition) is 6. The summed E-state index contributed by atoms with van der Waals surface area (Å²) < 4.78 is 0. The van der Waals surface area contributed by atoms with Crippen LogP contribution in [0, 0.1) is 0 Å². The van der Waals surface area contributed by atoms with Crippen LogP contribution in [-0.2, 0) is 0 Å². The summed E-state index contributed by atoms with van der Waals surface area (Å²) in [6.45, 7) is 4.12. The second-order valence-electron chi connectivity index (χ2n) is 5.80. The average Bonchev–Trinajstić information content (AvgIpc) is 2.62. The highest BCUT2D eigenvalue weighted by Crippen LogP contribution is 2.28. The molecule has 128 valence electrons. The maximum atomic E-state index is 4.60. The predicted octanol–water partition coefficient (Wildman–Crippen LogP) is 4.82. The Morgan fingerprint density at radius 1 is 0.960 bits per heavy atom. The van der Waals surface area contributed by atoms with Gasteiger partial charge in [-0.25, -0.2) is 4.98 Å². The summed E-state index contributed by atoms with van der Waals surface area (Å²) in [5.74, 6) is 1.32. The van der Waals surface area contributed by atoms with E-state index in [2.05, 4.69) is 51.8 Å². The lowest BCUT2D eigenvalue weighted by atomic mass is 10.2. The molecule has 0 aliphatic rings. The van der Waals surface area contributed by atoms with Gasteiger partial charge >= 0.3 is 0 Å². The molecular weight excluding hydrogens is 330 g/mol. The second kappa shape index (κ2) is 7.98. The summed E-state index contributed by atoms with van der Waals surface area (Å²) in [6, 6.07) is 16.1. The van der Waals surface area contributed by atoms with Crippen molar-refractivity contribution in [1.29, 1.82) is 0 Å². The summed E-state index contributed by atoms with van der Waals surface area (Å²) in [4.78, 5) is 14.8. The van der Waals surface area contributed by atoms with Gasteiger partial charge in [0.1, 0.15) is 5.82 Å². The number of nitrogens with zero attached hydrogens (tertiary/aromatic N) is 3. The van der Waals surface area contributed by atoms with E-state index in [1.807, 2.05) is 42.5 Å². The molecule has 6 heteroatoms. The largest absolute Gasteiger partial charge is 0.352 e. The van der Waals surface area contributed by atoms with Crippen LogP contribution in [0.15, 0.2) is 59.6 Å². The van der Waals surface area contributed by atoms with E-state index in [9.17, 15) is 0 Å². The molecule has 0 aliphatic carbocycles. The molecule has 0 radical (unpaired) electrons. The van der Waals surface area contributed by atoms with E-state index in [-0.39, 0.29) is 6.04 Å². The average molecular weight is 351 g/mol. The minimum atomic E-state index is 0.241. The zero-order valence-electron chi connectivity index (χ0n) is 14.5. The number of hydrogen-bond donors (Lipinski definition) is 2. The number of aromatic nitrogens is 3. The van der Waals surface area contributed by atoms with Crippen LogP contribution in [0.1, 0.15) is 13.8 Å². The highest BCUT2D eigenvalue weighted by Gasteiger charge is 2.10. The Bertz CT molecular complexity index is 836. The SMILES string of the molecule is CSc1ccccc1Nc1cc(-c2ccccn2)nc(NC(C)C)n1. The first-order valence-corrected chi connectivity index (χ1v) is 9.35. The fourth-order valence-corrected chi connectivity index (χ4v) is 2.92. The lowest BCUT2D eigenvalue weighted by Crippen LogP contribution is -2.13. The number of anilines is 3. The number of rotatable bonds is 6. The molecule has 0 unspecified atom stereocenters. The van der Waals surface area contributed by atoms with Gasteiger partial charge in [0, 0.05) is 23.2 Å². The van der Waals surface area contributed by atoms with Crippen molar-refractivity contribution in [3.8, 4) is 11.4 Å². The Morgan fingerprint density at radius 3 is 2.48 bits per heavy atom. The molecule has 0 atom stereocenters. The molecule has 0 amide bonds. The number of pyridine rings is 1. The van der Waals surface area contributed by atoms with Crippen LogP contribution >= 0.6 is 11.8 Å². The quantitative estimate of drug-likeness (QED) is 0.621. The molecule has 2 heterocycles. The third kappa shape index (κ3) is 4.48. The van der Waals surface area contributed by atoms with E-state index in [0.717, 1.165) is 22.9 Å². The van der Waals surface area contributed by atoms with E-state index in [1.165, 1.54) is 4.90 Å². The fraction of sp³-hybridized carbons (Fsp3) is 0.211. The molecule has 0 bridgehead atoms. The molecule has 25 heavy (non-hydrogen) atoms. The molecule has 3 aromatic rings. The monoisotopic (exact) mass is 351 g/mol. The molecule has 2 aromatic heterocycles. The van der Waals surface area contributed by atoms with Crippen molar-refractivity contribution in [2.24, 2.45) is 0 Å². The van der Waals surface area contributed by atoms with Gasteiger partial charge in [-0.2, -0.15) is 4.98 Å². The van der Waals surface area contributed by atoms with Crippen LogP contribution < -0.4 is 10.6 Å². The summed E-state index contributed by atoms with van der Waals surface area (Å²) in [6.07, 6.45) is 3.83. The second-order valence-corrected chi connectivity index (χ2v) is 6.65. The number of nitrogens with one attached hydrogen (secondary N) is 2. The van der Waals surface area contributed by atoms with Crippen LogP contribution in [0.25, 0.3) is 11.4 Å². The molecule has 0 saturated heterocycles. The maximum absolute atomic E-state index is 4.60. The lowest BCUT2D eigenvalue weighted by Gasteiger charge is -2.14. The smallest absolute Gasteiger partial charge is 0.225 e. The van der Waals surface area contributed by atoms with Crippen molar-refractivity contribution >= 4 is 29.2 Å². The van der Waals surface area contributed by atoms with E-state index < -0.39 is 0 Å². The van der Waals surface area contributed by atoms with Gasteiger partial charge in [0.05, 0.1) is 17.1 Å². The van der Waals surface area contributed by atoms with Crippen molar-refractivity contribution in [2.45, 2.75) is 24.8 Å². The summed E-state index contributed by atoms with van der Waals surface area (Å²) in [5.41, 5.74) is 2.62. The van der Waals surface area contributed by atoms with Gasteiger partial charge in [0.15, 0.2) is 0 Å². The fourth-order valence-electron chi connectivity index (χ4n) is 2.37. The predicted molar refractivity (Wildman–Crippen MR) is 106 cm³/mol. The molecule has 1 aromatic carbocycles. The first-order valence-electron chi connectivity index (χ1n) is 8.13. The van der Waals surface area contributed by atoms with Crippen LogP contribution in [0.4, 0.5) is 17.5 Å². The molecule has 0 aliphatic heterocycles. The lowest BCUT2D eigenvalue weighted by molar-refractivity contribution is 0.875. The van der Waals surface area contributed by atoms with Gasteiger partial charge in [-0.1, -0.05) is 18.2 Å². The van der Waals surface area contributed by atoms with E-state index in [1.54, 1.807) is 18.0 Å². The third-order valence-electron chi connectivity index (χ3n) is 3.44. The standard InChI is InChI=1S/C19H21N5S/c1-13(2)21-19-23-16(14-8-6-7-11-20-14)12-18(24-19)22-15-9-4-5-10-17(15)25-3/h4-13H,1-3H3,(H2,21,22,23,24). The van der Waals surface area contributed by atoms with Gasteiger partial charge < -0.3 is 10.6 Å². The molecular formula is C19H21N5S. The van der Waals surface area contributed by atoms with Crippen LogP contribution in [0.3, 0.4) is 0 Å². The van der Waals surface area contributed by atoms with Gasteiger partial charge in [-0.05, 0) is 44.4 Å². The maximum Gasteiger partial charge on any atom is 0.225 e. The molecule has 0 spiro atoms. The number of thioether (sulfide) groups is 1. The minimum absolute atomic E-state index is 0.241. The summed E-state index contributed by atoms with van der Waals surface area (Å²) in [7, 11) is 0. The normalized spacial score (nSPS) is 10.7. The molecule has 0 saturated carbocycles. The Labute approximate surface area is 152 Å².